The summed E-state index contributed by atoms with van der Waals surface area (Å²) in [5, 5.41) is 9.56. The fraction of sp³-hybridized carbons (Fsp3) is 0.353. The van der Waals surface area contributed by atoms with Gasteiger partial charge < -0.3 is 9.84 Å². The monoisotopic (exact) mass is 392 g/mol. The van der Waals surface area contributed by atoms with Crippen LogP contribution in [0.2, 0.25) is 0 Å². The number of halogens is 3. The summed E-state index contributed by atoms with van der Waals surface area (Å²) in [4.78, 5) is 20.7. The standard InChI is InChI=1S/C17H15F3N6O2/c1-26-12(7-13(24-26)17(18,19)20)15(27)22-8-14-23-16(28-25-14)10-4-5-21-11(6-10)9-2-3-9/h4-7,9H,2-3,8H2,1H3,(H,22,27). The number of aromatic nitrogens is 5. The maximum atomic E-state index is 12.7. The van der Waals surface area contributed by atoms with Gasteiger partial charge in [0.2, 0.25) is 0 Å². The van der Waals surface area contributed by atoms with Gasteiger partial charge in [0.05, 0.1) is 6.54 Å². The van der Waals surface area contributed by atoms with Gasteiger partial charge in [-0.1, -0.05) is 5.16 Å². The lowest BCUT2D eigenvalue weighted by atomic mass is 10.2. The number of rotatable bonds is 5. The zero-order chi connectivity index (χ0) is 19.9. The number of carbonyl (C=O) groups excluding carboxylic acids is 1. The number of aryl methyl sites for hydroxylation is 1. The smallest absolute Gasteiger partial charge is 0.343 e. The van der Waals surface area contributed by atoms with Gasteiger partial charge in [-0.15, -0.1) is 0 Å². The first-order chi connectivity index (χ1) is 13.3. The first-order valence-electron chi connectivity index (χ1n) is 8.49. The van der Waals surface area contributed by atoms with Gasteiger partial charge in [0, 0.05) is 36.5 Å². The number of carbonyl (C=O) groups is 1. The molecule has 4 rings (SSSR count). The number of pyridine rings is 1. The molecule has 11 heteroatoms. The minimum absolute atomic E-state index is 0.102. The molecule has 1 fully saturated rings. The van der Waals surface area contributed by atoms with E-state index in [9.17, 15) is 18.0 Å². The van der Waals surface area contributed by atoms with Crippen LogP contribution in [0.5, 0.6) is 0 Å². The summed E-state index contributed by atoms with van der Waals surface area (Å²) >= 11 is 0. The van der Waals surface area contributed by atoms with Crippen molar-refractivity contribution in [3.8, 4) is 11.5 Å². The highest BCUT2D eigenvalue weighted by Crippen LogP contribution is 2.39. The molecule has 146 valence electrons. The lowest BCUT2D eigenvalue weighted by Crippen LogP contribution is -2.25. The Hall–Kier alpha value is -3.24. The van der Waals surface area contributed by atoms with Crippen LogP contribution in [-0.2, 0) is 19.8 Å². The minimum Gasteiger partial charge on any atom is -0.343 e. The molecular weight excluding hydrogens is 377 g/mol. The summed E-state index contributed by atoms with van der Waals surface area (Å²) in [5.74, 6) is 0.235. The van der Waals surface area contributed by atoms with E-state index in [2.05, 4.69) is 25.5 Å². The Morgan fingerprint density at radius 1 is 1.36 bits per heavy atom. The summed E-state index contributed by atoms with van der Waals surface area (Å²) in [5.41, 5.74) is 0.344. The SMILES string of the molecule is Cn1nc(C(F)(F)F)cc1C(=O)NCc1noc(-c2ccnc(C3CC3)c2)n1. The van der Waals surface area contributed by atoms with E-state index in [0.29, 0.717) is 12.0 Å². The number of amides is 1. The van der Waals surface area contributed by atoms with Gasteiger partial charge in [0.1, 0.15) is 5.69 Å². The third-order valence-electron chi connectivity index (χ3n) is 4.30. The molecule has 0 spiro atoms. The second-order valence-electron chi connectivity index (χ2n) is 6.48. The molecule has 0 bridgehead atoms. The maximum Gasteiger partial charge on any atom is 0.435 e. The number of nitrogens with zero attached hydrogens (tertiary/aromatic N) is 5. The van der Waals surface area contributed by atoms with Crippen LogP contribution in [0.15, 0.2) is 28.9 Å². The first-order valence-corrected chi connectivity index (χ1v) is 8.49. The van der Waals surface area contributed by atoms with Gasteiger partial charge in [0.25, 0.3) is 11.8 Å². The van der Waals surface area contributed by atoms with E-state index in [1.54, 1.807) is 12.3 Å². The van der Waals surface area contributed by atoms with Crippen LogP contribution in [0.4, 0.5) is 13.2 Å². The lowest BCUT2D eigenvalue weighted by Gasteiger charge is -2.02. The van der Waals surface area contributed by atoms with Crippen LogP contribution in [0.1, 0.15) is 46.5 Å². The van der Waals surface area contributed by atoms with Crippen molar-refractivity contribution < 1.29 is 22.5 Å². The van der Waals surface area contributed by atoms with Crippen molar-refractivity contribution >= 4 is 5.91 Å². The van der Waals surface area contributed by atoms with Crippen molar-refractivity contribution in [1.82, 2.24) is 30.2 Å². The van der Waals surface area contributed by atoms with Crippen molar-refractivity contribution in [3.63, 3.8) is 0 Å². The van der Waals surface area contributed by atoms with Crippen LogP contribution in [0.25, 0.3) is 11.5 Å². The van der Waals surface area contributed by atoms with E-state index in [-0.39, 0.29) is 24.0 Å². The highest BCUT2D eigenvalue weighted by atomic mass is 19.4. The van der Waals surface area contributed by atoms with Gasteiger partial charge in [0.15, 0.2) is 11.5 Å². The van der Waals surface area contributed by atoms with Crippen LogP contribution in [-0.4, -0.2) is 30.8 Å². The topological polar surface area (TPSA) is 98.7 Å². The van der Waals surface area contributed by atoms with Gasteiger partial charge in [-0.25, -0.2) is 0 Å². The Morgan fingerprint density at radius 2 is 2.14 bits per heavy atom. The van der Waals surface area contributed by atoms with Gasteiger partial charge in [-0.05, 0) is 25.0 Å². The number of nitrogens with one attached hydrogen (secondary N) is 1. The van der Waals surface area contributed by atoms with Crippen molar-refractivity contribution in [1.29, 1.82) is 0 Å². The molecule has 8 nitrogen and oxygen atoms in total. The second kappa shape index (κ2) is 6.73. The Kier molecular flexibility index (Phi) is 4.36. The molecule has 3 aromatic rings. The predicted octanol–water partition coefficient (Wildman–Crippen LogP) is 2.69. The molecule has 0 aliphatic heterocycles. The minimum atomic E-state index is -4.62. The van der Waals surface area contributed by atoms with Crippen LogP contribution in [0.3, 0.4) is 0 Å². The van der Waals surface area contributed by atoms with Crippen LogP contribution >= 0.6 is 0 Å². The fourth-order valence-corrected chi connectivity index (χ4v) is 2.69. The zero-order valence-corrected chi connectivity index (χ0v) is 14.7. The summed E-state index contributed by atoms with van der Waals surface area (Å²) < 4.78 is 44.2. The van der Waals surface area contributed by atoms with E-state index < -0.39 is 17.8 Å². The molecule has 0 aromatic carbocycles. The van der Waals surface area contributed by atoms with Crippen molar-refractivity contribution in [3.05, 3.63) is 47.3 Å². The van der Waals surface area contributed by atoms with E-state index in [1.807, 2.05) is 6.07 Å². The summed E-state index contributed by atoms with van der Waals surface area (Å²) in [6.45, 7) is -0.102. The largest absolute Gasteiger partial charge is 0.435 e. The first kappa shape index (κ1) is 18.1. The molecular formula is C17H15F3N6O2. The molecule has 0 radical (unpaired) electrons. The molecule has 1 amide bonds. The number of hydrogen-bond donors (Lipinski definition) is 1. The molecule has 0 saturated heterocycles. The van der Waals surface area contributed by atoms with E-state index >= 15 is 0 Å². The number of hydrogen-bond acceptors (Lipinski definition) is 6. The maximum absolute atomic E-state index is 12.7. The average molecular weight is 392 g/mol. The van der Waals surface area contributed by atoms with Crippen LogP contribution in [0, 0.1) is 0 Å². The molecule has 1 aliphatic rings. The second-order valence-corrected chi connectivity index (χ2v) is 6.48. The molecule has 0 atom stereocenters. The molecule has 1 aliphatic carbocycles. The summed E-state index contributed by atoms with van der Waals surface area (Å²) in [7, 11) is 1.26. The average Bonchev–Trinajstić information content (AvgIpc) is 3.26. The summed E-state index contributed by atoms with van der Waals surface area (Å²) in [6, 6.07) is 4.32. The number of alkyl halides is 3. The van der Waals surface area contributed by atoms with E-state index in [0.717, 1.165) is 28.8 Å². The zero-order valence-electron chi connectivity index (χ0n) is 14.7. The van der Waals surface area contributed by atoms with E-state index in [1.165, 1.54) is 7.05 Å². The molecule has 28 heavy (non-hydrogen) atoms. The third kappa shape index (κ3) is 3.73. The van der Waals surface area contributed by atoms with Crippen molar-refractivity contribution in [2.24, 2.45) is 7.05 Å². The lowest BCUT2D eigenvalue weighted by molar-refractivity contribution is -0.141. The summed E-state index contributed by atoms with van der Waals surface area (Å²) in [6.07, 6.45) is -0.721. The van der Waals surface area contributed by atoms with Crippen LogP contribution < -0.4 is 5.32 Å². The normalized spacial score (nSPS) is 14.3. The molecule has 3 aromatic heterocycles. The van der Waals surface area contributed by atoms with Crippen molar-refractivity contribution in [2.75, 3.05) is 0 Å². The molecule has 1 saturated carbocycles. The quantitative estimate of drug-likeness (QED) is 0.717. The third-order valence-corrected chi connectivity index (χ3v) is 4.30. The highest BCUT2D eigenvalue weighted by Gasteiger charge is 2.35. The Labute approximate surface area is 156 Å². The van der Waals surface area contributed by atoms with Gasteiger partial charge in [-0.3, -0.25) is 14.5 Å². The highest BCUT2D eigenvalue weighted by molar-refractivity contribution is 5.92. The Balaban J connectivity index is 1.43. The molecule has 0 unspecified atom stereocenters. The van der Waals surface area contributed by atoms with Gasteiger partial charge in [-0.2, -0.15) is 23.3 Å². The van der Waals surface area contributed by atoms with E-state index in [4.69, 9.17) is 4.52 Å². The molecule has 3 heterocycles. The van der Waals surface area contributed by atoms with Crippen molar-refractivity contribution in [2.45, 2.75) is 31.5 Å². The fourth-order valence-electron chi connectivity index (χ4n) is 2.69. The van der Waals surface area contributed by atoms with Gasteiger partial charge >= 0.3 is 6.18 Å². The molecule has 1 N–H and O–H groups in total. The Bertz CT molecular complexity index is 1020. The predicted molar refractivity (Wildman–Crippen MR) is 88.9 cm³/mol. The Morgan fingerprint density at radius 3 is 2.82 bits per heavy atom.